The van der Waals surface area contributed by atoms with Crippen LogP contribution in [0, 0.1) is 19.8 Å². The minimum atomic E-state index is 0.579. The highest BCUT2D eigenvalue weighted by molar-refractivity contribution is 5.05. The highest BCUT2D eigenvalue weighted by atomic mass is 16.4. The van der Waals surface area contributed by atoms with Crippen LogP contribution in [0.15, 0.2) is 4.42 Å². The maximum absolute atomic E-state index is 5.55. The Morgan fingerprint density at radius 2 is 2.06 bits per heavy atom. The third-order valence-corrected chi connectivity index (χ3v) is 3.76. The maximum Gasteiger partial charge on any atom is 0.208 e. The van der Waals surface area contributed by atoms with Crippen molar-refractivity contribution in [3.05, 3.63) is 17.3 Å². The molecule has 3 nitrogen and oxygen atoms in total. The third kappa shape index (κ3) is 2.64. The molecule has 1 fully saturated rings. The van der Waals surface area contributed by atoms with Crippen LogP contribution in [0.3, 0.4) is 0 Å². The molecule has 1 aromatic rings. The van der Waals surface area contributed by atoms with Crippen LogP contribution in [-0.4, -0.2) is 11.0 Å². The van der Waals surface area contributed by atoms with Gasteiger partial charge in [-0.1, -0.05) is 12.8 Å². The van der Waals surface area contributed by atoms with E-state index in [0.29, 0.717) is 6.04 Å². The van der Waals surface area contributed by atoms with Gasteiger partial charge in [0.15, 0.2) is 0 Å². The van der Waals surface area contributed by atoms with Gasteiger partial charge in [0.2, 0.25) is 5.89 Å². The highest BCUT2D eigenvalue weighted by Gasteiger charge is 2.21. The molecule has 16 heavy (non-hydrogen) atoms. The van der Waals surface area contributed by atoms with E-state index in [4.69, 9.17) is 4.42 Å². The van der Waals surface area contributed by atoms with Crippen molar-refractivity contribution < 1.29 is 4.42 Å². The summed E-state index contributed by atoms with van der Waals surface area (Å²) >= 11 is 0. The van der Waals surface area contributed by atoms with Gasteiger partial charge in [-0.05, 0) is 39.5 Å². The minimum absolute atomic E-state index is 0.579. The van der Waals surface area contributed by atoms with E-state index in [0.717, 1.165) is 29.8 Å². The lowest BCUT2D eigenvalue weighted by Gasteiger charge is -2.19. The van der Waals surface area contributed by atoms with Gasteiger partial charge in [0.1, 0.15) is 5.76 Å². The second kappa shape index (κ2) is 5.00. The van der Waals surface area contributed by atoms with Crippen molar-refractivity contribution in [2.45, 2.75) is 59.0 Å². The zero-order valence-electron chi connectivity index (χ0n) is 10.5. The summed E-state index contributed by atoms with van der Waals surface area (Å²) in [4.78, 5) is 4.38. The molecule has 0 bridgehead atoms. The first-order valence-corrected chi connectivity index (χ1v) is 6.33. The summed E-state index contributed by atoms with van der Waals surface area (Å²) in [6.07, 6.45) is 5.54. The molecule has 0 aliphatic heterocycles. The molecule has 1 aromatic heterocycles. The molecule has 1 aliphatic carbocycles. The normalized spacial score (nSPS) is 19.2. The summed E-state index contributed by atoms with van der Waals surface area (Å²) in [5, 5.41) is 3.53. The van der Waals surface area contributed by atoms with E-state index in [2.05, 4.69) is 17.2 Å². The van der Waals surface area contributed by atoms with Gasteiger partial charge in [0.05, 0.1) is 12.2 Å². The van der Waals surface area contributed by atoms with Crippen molar-refractivity contribution in [3.8, 4) is 0 Å². The molecule has 90 valence electrons. The molecule has 1 aliphatic rings. The number of hydrogen-bond donors (Lipinski definition) is 1. The van der Waals surface area contributed by atoms with Crippen LogP contribution < -0.4 is 5.32 Å². The Hall–Kier alpha value is -0.830. The van der Waals surface area contributed by atoms with Crippen molar-refractivity contribution in [2.75, 3.05) is 0 Å². The number of hydrogen-bond acceptors (Lipinski definition) is 3. The molecule has 1 atom stereocenters. The summed E-state index contributed by atoms with van der Waals surface area (Å²) in [6.45, 7) is 6.99. The molecule has 0 amide bonds. The van der Waals surface area contributed by atoms with E-state index >= 15 is 0 Å². The van der Waals surface area contributed by atoms with Gasteiger partial charge in [-0.3, -0.25) is 0 Å². The van der Waals surface area contributed by atoms with E-state index < -0.39 is 0 Å². The van der Waals surface area contributed by atoms with Crippen LogP contribution in [0.5, 0.6) is 0 Å². The van der Waals surface area contributed by atoms with Gasteiger partial charge < -0.3 is 9.73 Å². The first-order chi connectivity index (χ1) is 7.66. The first kappa shape index (κ1) is 11.6. The lowest BCUT2D eigenvalue weighted by atomic mass is 10.00. The monoisotopic (exact) mass is 222 g/mol. The molecular formula is C13H22N2O. The van der Waals surface area contributed by atoms with Crippen molar-refractivity contribution in [1.29, 1.82) is 0 Å². The van der Waals surface area contributed by atoms with E-state index in [-0.39, 0.29) is 0 Å². The van der Waals surface area contributed by atoms with Crippen LogP contribution in [-0.2, 0) is 6.54 Å². The second-order valence-electron chi connectivity index (χ2n) is 4.96. The molecule has 0 saturated heterocycles. The van der Waals surface area contributed by atoms with Gasteiger partial charge in [-0.2, -0.15) is 0 Å². The van der Waals surface area contributed by atoms with Crippen LogP contribution in [0.2, 0.25) is 0 Å². The Morgan fingerprint density at radius 1 is 1.38 bits per heavy atom. The predicted octanol–water partition coefficient (Wildman–Crippen LogP) is 2.96. The van der Waals surface area contributed by atoms with E-state index in [1.54, 1.807) is 0 Å². The Kier molecular flexibility index (Phi) is 3.64. The van der Waals surface area contributed by atoms with Crippen LogP contribution in [0.4, 0.5) is 0 Å². The largest absolute Gasteiger partial charge is 0.444 e. The lowest BCUT2D eigenvalue weighted by molar-refractivity contribution is 0.355. The first-order valence-electron chi connectivity index (χ1n) is 6.33. The number of oxazole rings is 1. The zero-order valence-corrected chi connectivity index (χ0v) is 10.5. The van der Waals surface area contributed by atoms with Crippen LogP contribution >= 0.6 is 0 Å². The fourth-order valence-electron chi connectivity index (χ4n) is 2.49. The fourth-order valence-corrected chi connectivity index (χ4v) is 2.49. The molecule has 0 unspecified atom stereocenters. The van der Waals surface area contributed by atoms with Gasteiger partial charge in [0, 0.05) is 6.04 Å². The number of nitrogens with zero attached hydrogens (tertiary/aromatic N) is 1. The Morgan fingerprint density at radius 3 is 2.62 bits per heavy atom. The molecular weight excluding hydrogens is 200 g/mol. The SMILES string of the molecule is Cc1nc(CN[C@@H](C)C2CCCC2)oc1C. The molecule has 0 spiro atoms. The summed E-state index contributed by atoms with van der Waals surface area (Å²) in [7, 11) is 0. The Balaban J connectivity index is 1.82. The highest BCUT2D eigenvalue weighted by Crippen LogP contribution is 2.27. The number of rotatable bonds is 4. The summed E-state index contributed by atoms with van der Waals surface area (Å²) < 4.78 is 5.55. The van der Waals surface area contributed by atoms with Gasteiger partial charge in [0.25, 0.3) is 0 Å². The Bertz CT molecular complexity index is 320. The standard InChI is InChI=1S/C13H22N2O/c1-9-11(3)16-13(15-9)8-14-10(2)12-6-4-5-7-12/h10,12,14H,4-8H2,1-3H3/t10-/m0/s1. The second-order valence-corrected chi connectivity index (χ2v) is 4.96. The molecule has 3 heteroatoms. The average Bonchev–Trinajstić information content (AvgIpc) is 2.86. The molecule has 2 rings (SSSR count). The quantitative estimate of drug-likeness (QED) is 0.851. The number of aryl methyl sites for hydroxylation is 2. The zero-order chi connectivity index (χ0) is 11.5. The average molecular weight is 222 g/mol. The third-order valence-electron chi connectivity index (χ3n) is 3.76. The van der Waals surface area contributed by atoms with E-state index in [1.165, 1.54) is 25.7 Å². The fraction of sp³-hybridized carbons (Fsp3) is 0.769. The van der Waals surface area contributed by atoms with Crippen molar-refractivity contribution in [2.24, 2.45) is 5.92 Å². The molecule has 1 heterocycles. The van der Waals surface area contributed by atoms with Crippen molar-refractivity contribution in [3.63, 3.8) is 0 Å². The van der Waals surface area contributed by atoms with Crippen LogP contribution in [0.25, 0.3) is 0 Å². The van der Waals surface area contributed by atoms with Crippen LogP contribution in [0.1, 0.15) is 50.0 Å². The van der Waals surface area contributed by atoms with Crippen molar-refractivity contribution >= 4 is 0 Å². The molecule has 0 aromatic carbocycles. The minimum Gasteiger partial charge on any atom is -0.444 e. The molecule has 1 saturated carbocycles. The van der Waals surface area contributed by atoms with Gasteiger partial charge in [-0.25, -0.2) is 4.98 Å². The number of nitrogens with one attached hydrogen (secondary N) is 1. The predicted molar refractivity (Wildman–Crippen MR) is 64.2 cm³/mol. The van der Waals surface area contributed by atoms with Gasteiger partial charge in [-0.15, -0.1) is 0 Å². The Labute approximate surface area is 97.6 Å². The molecule has 0 radical (unpaired) electrons. The summed E-state index contributed by atoms with van der Waals surface area (Å²) in [5.74, 6) is 2.60. The number of aromatic nitrogens is 1. The summed E-state index contributed by atoms with van der Waals surface area (Å²) in [6, 6.07) is 0.579. The molecule has 1 N–H and O–H groups in total. The smallest absolute Gasteiger partial charge is 0.208 e. The summed E-state index contributed by atoms with van der Waals surface area (Å²) in [5.41, 5.74) is 1.00. The van der Waals surface area contributed by atoms with Gasteiger partial charge >= 0.3 is 0 Å². The van der Waals surface area contributed by atoms with E-state index in [9.17, 15) is 0 Å². The van der Waals surface area contributed by atoms with Crippen molar-refractivity contribution in [1.82, 2.24) is 10.3 Å². The maximum atomic E-state index is 5.55. The van der Waals surface area contributed by atoms with E-state index in [1.807, 2.05) is 13.8 Å². The topological polar surface area (TPSA) is 38.1 Å². The lowest BCUT2D eigenvalue weighted by Crippen LogP contribution is -2.31.